The molecular weight excluding hydrogens is 160 g/mol. The van der Waals surface area contributed by atoms with Crippen LogP contribution in [0.4, 0.5) is 0 Å². The zero-order chi connectivity index (χ0) is 9.52. The normalized spacial score (nSPS) is 32.2. The van der Waals surface area contributed by atoms with Crippen molar-refractivity contribution >= 4 is 11.9 Å². The third kappa shape index (κ3) is 1.07. The van der Waals surface area contributed by atoms with Crippen molar-refractivity contribution in [1.29, 1.82) is 0 Å². The Morgan fingerprint density at radius 2 is 1.92 bits per heavy atom. The molecule has 0 amide bonds. The monoisotopic (exact) mass is 171 g/mol. The number of carboxylic acid groups (broad SMARTS) is 2. The maximum absolute atomic E-state index is 10.6. The van der Waals surface area contributed by atoms with Gasteiger partial charge in [-0.05, 0) is 11.8 Å². The first-order valence-electron chi connectivity index (χ1n) is 3.81. The Morgan fingerprint density at radius 1 is 1.42 bits per heavy atom. The average molecular weight is 171 g/mol. The molecule has 0 bridgehead atoms. The fourth-order valence-electron chi connectivity index (χ4n) is 1.74. The van der Waals surface area contributed by atoms with Gasteiger partial charge in [-0.15, -0.1) is 0 Å². The fourth-order valence-corrected chi connectivity index (χ4v) is 1.74. The summed E-state index contributed by atoms with van der Waals surface area (Å²) in [4.78, 5) is 21.0. The first-order chi connectivity index (χ1) is 5.37. The van der Waals surface area contributed by atoms with Gasteiger partial charge >= 0.3 is 5.97 Å². The highest BCUT2D eigenvalue weighted by atomic mass is 16.4. The highest BCUT2D eigenvalue weighted by molar-refractivity contribution is 5.78. The third-order valence-corrected chi connectivity index (χ3v) is 2.85. The molecule has 0 aromatic rings. The quantitative estimate of drug-likeness (QED) is 0.606. The Bertz CT molecular complexity index is 209. The Labute approximate surface area is 70.2 Å². The molecule has 1 fully saturated rings. The van der Waals surface area contributed by atoms with Gasteiger partial charge in [-0.1, -0.05) is 13.8 Å². The van der Waals surface area contributed by atoms with E-state index in [1.807, 2.05) is 0 Å². The van der Waals surface area contributed by atoms with E-state index in [0.29, 0.717) is 0 Å². The van der Waals surface area contributed by atoms with E-state index < -0.39 is 29.2 Å². The summed E-state index contributed by atoms with van der Waals surface area (Å²) < 4.78 is 0. The minimum absolute atomic E-state index is 0.199. The van der Waals surface area contributed by atoms with Gasteiger partial charge in [-0.2, -0.15) is 0 Å². The minimum Gasteiger partial charge on any atom is -0.550 e. The van der Waals surface area contributed by atoms with Gasteiger partial charge in [0.05, 0.1) is 5.92 Å². The van der Waals surface area contributed by atoms with Crippen molar-refractivity contribution in [1.82, 2.24) is 0 Å². The van der Waals surface area contributed by atoms with Crippen LogP contribution >= 0.6 is 0 Å². The smallest absolute Gasteiger partial charge is 0.307 e. The molecule has 1 aliphatic carbocycles. The van der Waals surface area contributed by atoms with Gasteiger partial charge in [-0.25, -0.2) is 0 Å². The SMILES string of the molecule is CC1(C)C(C(=O)[O-])C[C@@H]1C(=O)O. The van der Waals surface area contributed by atoms with Crippen LogP contribution in [0.25, 0.3) is 0 Å². The number of rotatable bonds is 2. The molecule has 2 atom stereocenters. The number of carbonyl (C=O) groups excluding carboxylic acids is 1. The molecule has 4 heteroatoms. The van der Waals surface area contributed by atoms with E-state index >= 15 is 0 Å². The van der Waals surface area contributed by atoms with Gasteiger partial charge in [0.25, 0.3) is 0 Å². The van der Waals surface area contributed by atoms with E-state index in [-0.39, 0.29) is 6.42 Å². The largest absolute Gasteiger partial charge is 0.550 e. The maximum Gasteiger partial charge on any atom is 0.307 e. The number of carboxylic acids is 2. The number of carbonyl (C=O) groups is 2. The molecule has 0 spiro atoms. The molecule has 1 rings (SSSR count). The lowest BCUT2D eigenvalue weighted by atomic mass is 9.55. The van der Waals surface area contributed by atoms with Crippen LogP contribution in [0.15, 0.2) is 0 Å². The van der Waals surface area contributed by atoms with Crippen molar-refractivity contribution in [3.63, 3.8) is 0 Å². The summed E-state index contributed by atoms with van der Waals surface area (Å²) in [5, 5.41) is 19.1. The molecule has 12 heavy (non-hydrogen) atoms. The van der Waals surface area contributed by atoms with Crippen molar-refractivity contribution in [2.75, 3.05) is 0 Å². The number of aliphatic carboxylic acids is 2. The molecule has 0 saturated heterocycles. The van der Waals surface area contributed by atoms with Crippen LogP contribution in [-0.2, 0) is 9.59 Å². The molecule has 0 aliphatic heterocycles. The molecule has 0 aromatic heterocycles. The van der Waals surface area contributed by atoms with Crippen molar-refractivity contribution < 1.29 is 19.8 Å². The van der Waals surface area contributed by atoms with E-state index in [0.717, 1.165) is 0 Å². The average Bonchev–Trinajstić information content (AvgIpc) is 1.83. The van der Waals surface area contributed by atoms with Crippen LogP contribution in [0.3, 0.4) is 0 Å². The lowest BCUT2D eigenvalue weighted by Crippen LogP contribution is -2.55. The minimum atomic E-state index is -1.14. The van der Waals surface area contributed by atoms with Gasteiger partial charge in [-0.3, -0.25) is 4.79 Å². The van der Waals surface area contributed by atoms with Crippen LogP contribution < -0.4 is 5.11 Å². The van der Waals surface area contributed by atoms with Crippen LogP contribution in [0.1, 0.15) is 20.3 Å². The topological polar surface area (TPSA) is 77.4 Å². The summed E-state index contributed by atoms with van der Waals surface area (Å²) in [6.07, 6.45) is 0.199. The molecular formula is C8H11O4-. The number of hydrogen-bond acceptors (Lipinski definition) is 3. The molecule has 0 aromatic carbocycles. The molecule has 1 saturated carbocycles. The van der Waals surface area contributed by atoms with Crippen LogP contribution in [0, 0.1) is 17.3 Å². The first kappa shape index (κ1) is 9.03. The molecule has 68 valence electrons. The van der Waals surface area contributed by atoms with Crippen molar-refractivity contribution in [3.8, 4) is 0 Å². The maximum atomic E-state index is 10.6. The second-order valence-electron chi connectivity index (χ2n) is 3.82. The van der Waals surface area contributed by atoms with Crippen molar-refractivity contribution in [2.24, 2.45) is 17.3 Å². The Morgan fingerprint density at radius 3 is 2.17 bits per heavy atom. The van der Waals surface area contributed by atoms with E-state index in [9.17, 15) is 14.7 Å². The molecule has 1 unspecified atom stereocenters. The van der Waals surface area contributed by atoms with Crippen LogP contribution in [0.5, 0.6) is 0 Å². The van der Waals surface area contributed by atoms with Gasteiger partial charge in [0, 0.05) is 11.9 Å². The summed E-state index contributed by atoms with van der Waals surface area (Å²) in [6, 6.07) is 0. The van der Waals surface area contributed by atoms with E-state index in [1.54, 1.807) is 13.8 Å². The Kier molecular flexibility index (Phi) is 1.86. The zero-order valence-electron chi connectivity index (χ0n) is 7.03. The zero-order valence-corrected chi connectivity index (χ0v) is 7.03. The molecule has 0 heterocycles. The predicted molar refractivity (Wildman–Crippen MR) is 38.0 cm³/mol. The highest BCUT2D eigenvalue weighted by Gasteiger charge is 2.52. The summed E-state index contributed by atoms with van der Waals surface area (Å²) >= 11 is 0. The van der Waals surface area contributed by atoms with Gasteiger partial charge in [0.15, 0.2) is 0 Å². The first-order valence-corrected chi connectivity index (χ1v) is 3.81. The summed E-state index contributed by atoms with van der Waals surface area (Å²) in [7, 11) is 0. The molecule has 1 aliphatic rings. The van der Waals surface area contributed by atoms with Crippen molar-refractivity contribution in [3.05, 3.63) is 0 Å². The summed E-state index contributed by atoms with van der Waals surface area (Å²) in [5.41, 5.74) is -0.662. The van der Waals surface area contributed by atoms with E-state index in [4.69, 9.17) is 5.11 Å². The van der Waals surface area contributed by atoms with Gasteiger partial charge < -0.3 is 15.0 Å². The van der Waals surface area contributed by atoms with Gasteiger partial charge in [0.2, 0.25) is 0 Å². The second-order valence-corrected chi connectivity index (χ2v) is 3.82. The van der Waals surface area contributed by atoms with Crippen molar-refractivity contribution in [2.45, 2.75) is 20.3 Å². The molecule has 1 N–H and O–H groups in total. The van der Waals surface area contributed by atoms with Gasteiger partial charge in [0.1, 0.15) is 0 Å². The fraction of sp³-hybridized carbons (Fsp3) is 0.750. The third-order valence-electron chi connectivity index (χ3n) is 2.85. The Balaban J connectivity index is 2.72. The lowest BCUT2D eigenvalue weighted by Gasteiger charge is -2.50. The van der Waals surface area contributed by atoms with Crippen LogP contribution in [-0.4, -0.2) is 17.0 Å². The highest BCUT2D eigenvalue weighted by Crippen LogP contribution is 2.50. The van der Waals surface area contributed by atoms with Crippen LogP contribution in [0.2, 0.25) is 0 Å². The Hall–Kier alpha value is -1.06. The molecule has 4 nitrogen and oxygen atoms in total. The second kappa shape index (κ2) is 2.47. The molecule has 0 radical (unpaired) electrons. The summed E-state index contributed by atoms with van der Waals surface area (Å²) in [6.45, 7) is 3.30. The predicted octanol–water partition coefficient (Wildman–Crippen LogP) is -0.517. The van der Waals surface area contributed by atoms with E-state index in [1.165, 1.54) is 0 Å². The summed E-state index contributed by atoms with van der Waals surface area (Å²) in [5.74, 6) is -3.21. The lowest BCUT2D eigenvalue weighted by molar-refractivity contribution is -0.321. The standard InChI is InChI=1S/C8H12O4/c1-8(2)4(6(9)10)3-5(8)7(11)12/h4-5H,3H2,1-2H3,(H,9,10)(H,11,12)/p-1/t4-,5?/m1/s1. The number of hydrogen-bond donors (Lipinski definition) is 1. The van der Waals surface area contributed by atoms with E-state index in [2.05, 4.69) is 0 Å².